The van der Waals surface area contributed by atoms with Crippen LogP contribution in [0, 0.1) is 5.92 Å². The highest BCUT2D eigenvalue weighted by Crippen LogP contribution is 2.19. The van der Waals surface area contributed by atoms with E-state index in [-0.39, 0.29) is 0 Å². The third-order valence-corrected chi connectivity index (χ3v) is 1.75. The van der Waals surface area contributed by atoms with Crippen LogP contribution in [0.1, 0.15) is 33.3 Å². The average Bonchev–Trinajstić information content (AvgIpc) is 2.34. The molecule has 86 valence electrons. The van der Waals surface area contributed by atoms with E-state index in [4.69, 9.17) is 0 Å². The molecule has 0 bridgehead atoms. The normalized spacial score (nSPS) is 8.20. The molecule has 0 radical (unpaired) electrons. The van der Waals surface area contributed by atoms with Gasteiger partial charge < -0.3 is 0 Å². The molecule has 0 amide bonds. The van der Waals surface area contributed by atoms with E-state index in [9.17, 15) is 4.39 Å². The lowest BCUT2D eigenvalue weighted by molar-refractivity contribution is 0.636. The topological polar surface area (TPSA) is 12.9 Å². The van der Waals surface area contributed by atoms with Crippen molar-refractivity contribution in [1.82, 2.24) is 4.98 Å². The molecule has 0 fully saturated rings. The zero-order valence-corrected chi connectivity index (χ0v) is 10.4. The Morgan fingerprint density at radius 2 is 1.60 bits per heavy atom. The van der Waals surface area contributed by atoms with Gasteiger partial charge >= 0.3 is 0 Å². The fourth-order valence-electron chi connectivity index (χ4n) is 0.899. The highest BCUT2D eigenvalue weighted by atomic mass is 19.1. The monoisotopic (exact) mass is 211 g/mol. The molecule has 0 aliphatic carbocycles. The van der Waals surface area contributed by atoms with Crippen LogP contribution in [0.15, 0.2) is 31.1 Å². The molecule has 2 heteroatoms. The van der Waals surface area contributed by atoms with E-state index in [0.29, 0.717) is 13.1 Å². The first-order valence-electron chi connectivity index (χ1n) is 5.19. The van der Waals surface area contributed by atoms with Gasteiger partial charge in [0.2, 0.25) is 0 Å². The number of nitrogens with zero attached hydrogens (tertiary/aromatic N) is 1. The van der Waals surface area contributed by atoms with Crippen LogP contribution in [0.5, 0.6) is 0 Å². The second-order valence-corrected chi connectivity index (χ2v) is 2.92. The Bertz CT molecular complexity index is 242. The lowest BCUT2D eigenvalue weighted by Crippen LogP contribution is -1.91. The number of allylic oxidation sites excluding steroid dienone is 1. The molecule has 0 saturated carbocycles. The first-order chi connectivity index (χ1) is 7.22. The van der Waals surface area contributed by atoms with Crippen molar-refractivity contribution < 1.29 is 4.39 Å². The van der Waals surface area contributed by atoms with Gasteiger partial charge in [-0.15, -0.1) is 0 Å². The second kappa shape index (κ2) is 10.9. The smallest absolute Gasteiger partial charge is 0.0785 e. The Balaban J connectivity index is 0. The summed E-state index contributed by atoms with van der Waals surface area (Å²) >= 11 is 0. The predicted molar refractivity (Wildman–Crippen MR) is 66.5 cm³/mol. The Labute approximate surface area is 93.1 Å². The summed E-state index contributed by atoms with van der Waals surface area (Å²) in [7, 11) is 0.500. The van der Waals surface area contributed by atoms with Crippen molar-refractivity contribution in [3.8, 4) is 0 Å². The molecular weight excluding hydrogens is 189 g/mol. The maximum Gasteiger partial charge on any atom is 0.0785 e. The quantitative estimate of drug-likeness (QED) is 0.708. The van der Waals surface area contributed by atoms with E-state index in [1.54, 1.807) is 12.4 Å². The van der Waals surface area contributed by atoms with Crippen LogP contribution in [-0.2, 0) is 0 Å². The molecular formula is C13H22FN. The minimum Gasteiger partial charge on any atom is -0.265 e. The number of halogens is 1. The van der Waals surface area contributed by atoms with Crippen LogP contribution < -0.4 is 0 Å². The van der Waals surface area contributed by atoms with Gasteiger partial charge in [-0.2, -0.15) is 0 Å². The summed E-state index contributed by atoms with van der Waals surface area (Å²) in [4.78, 5) is 3.95. The first-order valence-corrected chi connectivity index (χ1v) is 5.19. The molecule has 15 heavy (non-hydrogen) atoms. The molecule has 1 rings (SSSR count). The number of hydrogen-bond donors (Lipinski definition) is 0. The van der Waals surface area contributed by atoms with Crippen LogP contribution in [0.3, 0.4) is 0 Å². The minimum atomic E-state index is 0.500. The van der Waals surface area contributed by atoms with Gasteiger partial charge in [-0.3, -0.25) is 9.37 Å². The lowest BCUT2D eigenvalue weighted by atomic mass is 9.98. The number of pyridine rings is 1. The standard InChI is InChI=1S/C10H13N.C2H6.CH3F/c1-8(2)9(3)10-4-6-11-7-5-10;2*1-2/h4-8H,3H2,1-2H3;1-2H3;1H3. The summed E-state index contributed by atoms with van der Waals surface area (Å²) in [6.45, 7) is 12.3. The molecule has 0 atom stereocenters. The number of rotatable bonds is 2. The molecule has 1 aromatic rings. The van der Waals surface area contributed by atoms with Crippen molar-refractivity contribution in [2.45, 2.75) is 27.7 Å². The van der Waals surface area contributed by atoms with Gasteiger partial charge in [0.15, 0.2) is 0 Å². The predicted octanol–water partition coefficient (Wildman–Crippen LogP) is 4.36. The number of alkyl halides is 1. The van der Waals surface area contributed by atoms with Crippen LogP contribution in [0.25, 0.3) is 5.57 Å². The lowest BCUT2D eigenvalue weighted by Gasteiger charge is -2.07. The van der Waals surface area contributed by atoms with Gasteiger partial charge in [-0.25, -0.2) is 0 Å². The Hall–Kier alpha value is -1.18. The molecule has 0 saturated heterocycles. The molecule has 0 aromatic carbocycles. The summed E-state index contributed by atoms with van der Waals surface area (Å²) in [5.41, 5.74) is 2.36. The van der Waals surface area contributed by atoms with Crippen LogP contribution in [-0.4, -0.2) is 12.2 Å². The number of aromatic nitrogens is 1. The molecule has 0 N–H and O–H groups in total. The van der Waals surface area contributed by atoms with Crippen LogP contribution in [0.4, 0.5) is 4.39 Å². The molecule has 0 unspecified atom stereocenters. The van der Waals surface area contributed by atoms with Crippen molar-refractivity contribution in [3.05, 3.63) is 36.7 Å². The highest BCUT2D eigenvalue weighted by Gasteiger charge is 2.01. The van der Waals surface area contributed by atoms with Crippen molar-refractivity contribution in [3.63, 3.8) is 0 Å². The third-order valence-electron chi connectivity index (χ3n) is 1.75. The van der Waals surface area contributed by atoms with Crippen LogP contribution >= 0.6 is 0 Å². The van der Waals surface area contributed by atoms with E-state index < -0.39 is 0 Å². The summed E-state index contributed by atoms with van der Waals surface area (Å²) in [6.07, 6.45) is 3.59. The Morgan fingerprint density at radius 1 is 1.20 bits per heavy atom. The van der Waals surface area contributed by atoms with E-state index >= 15 is 0 Å². The summed E-state index contributed by atoms with van der Waals surface area (Å²) < 4.78 is 9.50. The van der Waals surface area contributed by atoms with Crippen LogP contribution in [0.2, 0.25) is 0 Å². The van der Waals surface area contributed by atoms with Gasteiger partial charge in [-0.1, -0.05) is 34.3 Å². The van der Waals surface area contributed by atoms with Crippen molar-refractivity contribution in [2.75, 3.05) is 7.18 Å². The fourth-order valence-corrected chi connectivity index (χ4v) is 0.899. The Kier molecular flexibility index (Phi) is 11.8. The zero-order valence-electron chi connectivity index (χ0n) is 10.4. The van der Waals surface area contributed by atoms with E-state index in [2.05, 4.69) is 25.4 Å². The number of hydrogen-bond acceptors (Lipinski definition) is 1. The van der Waals surface area contributed by atoms with Crippen molar-refractivity contribution >= 4 is 5.57 Å². The molecule has 0 aliphatic heterocycles. The summed E-state index contributed by atoms with van der Waals surface area (Å²) in [5.74, 6) is 0.511. The summed E-state index contributed by atoms with van der Waals surface area (Å²) in [6, 6.07) is 3.98. The first kappa shape index (κ1) is 16.3. The van der Waals surface area contributed by atoms with E-state index in [1.807, 2.05) is 26.0 Å². The average molecular weight is 211 g/mol. The molecule has 0 spiro atoms. The van der Waals surface area contributed by atoms with Crippen molar-refractivity contribution in [1.29, 1.82) is 0 Å². The largest absolute Gasteiger partial charge is 0.265 e. The van der Waals surface area contributed by atoms with Gasteiger partial charge in [0.25, 0.3) is 0 Å². The van der Waals surface area contributed by atoms with E-state index in [1.165, 1.54) is 11.1 Å². The maximum absolute atomic E-state index is 9.50. The molecule has 1 nitrogen and oxygen atoms in total. The van der Waals surface area contributed by atoms with Gasteiger partial charge in [0.05, 0.1) is 7.18 Å². The molecule has 1 aromatic heterocycles. The zero-order chi connectivity index (χ0) is 12.3. The van der Waals surface area contributed by atoms with Gasteiger partial charge in [0.1, 0.15) is 0 Å². The molecule has 1 heterocycles. The third kappa shape index (κ3) is 6.83. The van der Waals surface area contributed by atoms with Gasteiger partial charge in [0, 0.05) is 12.4 Å². The maximum atomic E-state index is 9.50. The van der Waals surface area contributed by atoms with Gasteiger partial charge in [-0.05, 0) is 29.2 Å². The molecule has 0 aliphatic rings. The summed E-state index contributed by atoms with van der Waals surface area (Å²) in [5, 5.41) is 0. The SMILES string of the molecule is C=C(c1ccncc1)C(C)C.CC.CF. The second-order valence-electron chi connectivity index (χ2n) is 2.92. The Morgan fingerprint density at radius 3 is 1.93 bits per heavy atom. The minimum absolute atomic E-state index is 0.500. The van der Waals surface area contributed by atoms with E-state index in [0.717, 1.165) is 0 Å². The fraction of sp³-hybridized carbons (Fsp3) is 0.462. The highest BCUT2D eigenvalue weighted by molar-refractivity contribution is 5.63. The van der Waals surface area contributed by atoms with Crippen molar-refractivity contribution in [2.24, 2.45) is 5.92 Å².